The highest BCUT2D eigenvalue weighted by atomic mass is 16.5. The normalized spacial score (nSPS) is 16.6. The molecule has 30 heavy (non-hydrogen) atoms. The van der Waals surface area contributed by atoms with Gasteiger partial charge in [-0.15, -0.1) is 0 Å². The lowest BCUT2D eigenvalue weighted by molar-refractivity contribution is 0.0168. The molecule has 1 fully saturated rings. The van der Waals surface area contributed by atoms with Crippen molar-refractivity contribution < 1.29 is 18.9 Å². The lowest BCUT2D eigenvalue weighted by atomic mass is 10.1. The van der Waals surface area contributed by atoms with Crippen LogP contribution in [0.2, 0.25) is 0 Å². The molecular formula is C23H39N3O4. The van der Waals surface area contributed by atoms with Crippen LogP contribution in [0.15, 0.2) is 23.2 Å². The number of benzene rings is 1. The zero-order valence-corrected chi connectivity index (χ0v) is 18.9. The number of aryl methyl sites for hydroxylation is 1. The van der Waals surface area contributed by atoms with Crippen molar-refractivity contribution in [3.8, 4) is 5.75 Å². The molecule has 1 unspecified atom stereocenters. The van der Waals surface area contributed by atoms with E-state index in [1.54, 1.807) is 7.11 Å². The van der Waals surface area contributed by atoms with E-state index < -0.39 is 0 Å². The first-order valence-electron chi connectivity index (χ1n) is 11.2. The van der Waals surface area contributed by atoms with Gasteiger partial charge in [0.15, 0.2) is 5.96 Å². The molecule has 1 aromatic carbocycles. The predicted octanol–water partition coefficient (Wildman–Crippen LogP) is 3.05. The van der Waals surface area contributed by atoms with Crippen LogP contribution in [-0.2, 0) is 20.8 Å². The maximum absolute atomic E-state index is 5.96. The molecule has 1 aliphatic heterocycles. The molecule has 0 aliphatic carbocycles. The van der Waals surface area contributed by atoms with Gasteiger partial charge in [-0.2, -0.15) is 0 Å². The van der Waals surface area contributed by atoms with Crippen LogP contribution in [0.1, 0.15) is 43.7 Å². The molecule has 7 nitrogen and oxygen atoms in total. The maximum Gasteiger partial charge on any atom is 0.191 e. The molecule has 1 aliphatic rings. The van der Waals surface area contributed by atoms with Gasteiger partial charge in [0.05, 0.1) is 25.9 Å². The third-order valence-electron chi connectivity index (χ3n) is 4.81. The number of hydrogen-bond acceptors (Lipinski definition) is 5. The minimum Gasteiger partial charge on any atom is -0.493 e. The number of hydrogen-bond donors (Lipinski definition) is 2. The van der Waals surface area contributed by atoms with Crippen molar-refractivity contribution >= 4 is 5.96 Å². The molecule has 1 saturated heterocycles. The van der Waals surface area contributed by atoms with E-state index in [-0.39, 0.29) is 6.10 Å². The first-order valence-corrected chi connectivity index (χ1v) is 11.2. The van der Waals surface area contributed by atoms with Crippen molar-refractivity contribution in [1.29, 1.82) is 0 Å². The fraction of sp³-hybridized carbons (Fsp3) is 0.696. The number of ether oxygens (including phenoxy) is 4. The van der Waals surface area contributed by atoms with Crippen LogP contribution in [0.5, 0.6) is 5.75 Å². The fourth-order valence-corrected chi connectivity index (χ4v) is 3.19. The molecular weight excluding hydrogens is 382 g/mol. The number of nitrogens with zero attached hydrogens (tertiary/aromatic N) is 1. The van der Waals surface area contributed by atoms with Gasteiger partial charge in [0, 0.05) is 52.0 Å². The van der Waals surface area contributed by atoms with Gasteiger partial charge in [-0.25, -0.2) is 4.99 Å². The third kappa shape index (κ3) is 9.78. The molecule has 0 bridgehead atoms. The van der Waals surface area contributed by atoms with Crippen LogP contribution in [0.25, 0.3) is 0 Å². The SMILES string of the molecule is CCNC(=NCc1ccc(C)cc1OCCCOC)NCCCOCC1CCCO1. The average Bonchev–Trinajstić information content (AvgIpc) is 3.26. The monoisotopic (exact) mass is 421 g/mol. The summed E-state index contributed by atoms with van der Waals surface area (Å²) in [5.74, 6) is 1.70. The first kappa shape index (κ1) is 24.4. The molecule has 1 atom stereocenters. The highest BCUT2D eigenvalue weighted by Gasteiger charge is 2.14. The quantitative estimate of drug-likeness (QED) is 0.273. The Morgan fingerprint density at radius 3 is 2.87 bits per heavy atom. The molecule has 1 heterocycles. The average molecular weight is 422 g/mol. The van der Waals surface area contributed by atoms with E-state index in [1.807, 2.05) is 0 Å². The van der Waals surface area contributed by atoms with Crippen LogP contribution in [0.4, 0.5) is 0 Å². The maximum atomic E-state index is 5.96. The van der Waals surface area contributed by atoms with Gasteiger partial charge in [0.25, 0.3) is 0 Å². The Balaban J connectivity index is 1.76. The highest BCUT2D eigenvalue weighted by molar-refractivity contribution is 5.79. The van der Waals surface area contributed by atoms with Crippen LogP contribution in [0, 0.1) is 6.92 Å². The Bertz CT molecular complexity index is 618. The van der Waals surface area contributed by atoms with E-state index >= 15 is 0 Å². The second-order valence-corrected chi connectivity index (χ2v) is 7.49. The summed E-state index contributed by atoms with van der Waals surface area (Å²) < 4.78 is 22.3. The van der Waals surface area contributed by atoms with E-state index in [0.29, 0.717) is 26.4 Å². The van der Waals surface area contributed by atoms with Gasteiger partial charge in [0.2, 0.25) is 0 Å². The molecule has 0 amide bonds. The van der Waals surface area contributed by atoms with Crippen LogP contribution >= 0.6 is 0 Å². The Hall–Kier alpha value is -1.83. The van der Waals surface area contributed by atoms with E-state index in [0.717, 1.165) is 69.3 Å². The zero-order chi connectivity index (χ0) is 21.4. The van der Waals surface area contributed by atoms with E-state index in [2.05, 4.69) is 42.7 Å². The summed E-state index contributed by atoms with van der Waals surface area (Å²) in [6.07, 6.45) is 4.35. The van der Waals surface area contributed by atoms with Crippen molar-refractivity contribution in [2.24, 2.45) is 4.99 Å². The Morgan fingerprint density at radius 2 is 2.10 bits per heavy atom. The number of nitrogens with one attached hydrogen (secondary N) is 2. The third-order valence-corrected chi connectivity index (χ3v) is 4.81. The lowest BCUT2D eigenvalue weighted by Gasteiger charge is -2.14. The molecule has 0 radical (unpaired) electrons. The van der Waals surface area contributed by atoms with Gasteiger partial charge in [-0.1, -0.05) is 12.1 Å². The summed E-state index contributed by atoms with van der Waals surface area (Å²) in [4.78, 5) is 4.73. The standard InChI is InChI=1S/C23H39N3O4/c1-4-24-23(25-11-6-13-28-18-21-8-5-14-29-21)26-17-20-10-9-19(2)16-22(20)30-15-7-12-27-3/h9-10,16,21H,4-8,11-15,17-18H2,1-3H3,(H2,24,25,26). The minimum atomic E-state index is 0.289. The zero-order valence-electron chi connectivity index (χ0n) is 18.9. The summed E-state index contributed by atoms with van der Waals surface area (Å²) in [7, 11) is 1.71. The summed E-state index contributed by atoms with van der Waals surface area (Å²) in [5.41, 5.74) is 2.26. The van der Waals surface area contributed by atoms with E-state index in [1.165, 1.54) is 5.56 Å². The molecule has 2 N–H and O–H groups in total. The number of aliphatic imine (C=N–C) groups is 1. The van der Waals surface area contributed by atoms with Gasteiger partial charge < -0.3 is 29.6 Å². The predicted molar refractivity (Wildman–Crippen MR) is 120 cm³/mol. The van der Waals surface area contributed by atoms with E-state index in [9.17, 15) is 0 Å². The molecule has 0 aromatic heterocycles. The van der Waals surface area contributed by atoms with Gasteiger partial charge in [0.1, 0.15) is 5.75 Å². The molecule has 7 heteroatoms. The Morgan fingerprint density at radius 1 is 1.20 bits per heavy atom. The topological polar surface area (TPSA) is 73.3 Å². The van der Waals surface area contributed by atoms with Crippen LogP contribution in [-0.4, -0.2) is 65.3 Å². The summed E-state index contributed by atoms with van der Waals surface area (Å²) in [5, 5.41) is 6.68. The summed E-state index contributed by atoms with van der Waals surface area (Å²) >= 11 is 0. The molecule has 0 saturated carbocycles. The summed E-state index contributed by atoms with van der Waals surface area (Å²) in [6.45, 7) is 9.96. The molecule has 0 spiro atoms. The molecule has 2 rings (SSSR count). The number of guanidine groups is 1. The summed E-state index contributed by atoms with van der Waals surface area (Å²) in [6, 6.07) is 6.26. The Labute approximate surface area is 181 Å². The second kappa shape index (κ2) is 15.0. The number of rotatable bonds is 14. The smallest absolute Gasteiger partial charge is 0.191 e. The van der Waals surface area contributed by atoms with Crippen LogP contribution in [0.3, 0.4) is 0 Å². The van der Waals surface area contributed by atoms with Crippen LogP contribution < -0.4 is 15.4 Å². The van der Waals surface area contributed by atoms with Crippen molar-refractivity contribution in [3.05, 3.63) is 29.3 Å². The van der Waals surface area contributed by atoms with Crippen molar-refractivity contribution in [2.75, 3.05) is 53.2 Å². The lowest BCUT2D eigenvalue weighted by Crippen LogP contribution is -2.38. The van der Waals surface area contributed by atoms with Crippen molar-refractivity contribution in [2.45, 2.75) is 52.2 Å². The van der Waals surface area contributed by atoms with Gasteiger partial charge in [-0.05, 0) is 44.7 Å². The molecule has 1 aromatic rings. The first-order chi connectivity index (χ1) is 14.7. The fourth-order valence-electron chi connectivity index (χ4n) is 3.19. The minimum absolute atomic E-state index is 0.289. The van der Waals surface area contributed by atoms with Crippen molar-refractivity contribution in [1.82, 2.24) is 10.6 Å². The number of methoxy groups -OCH3 is 1. The van der Waals surface area contributed by atoms with Gasteiger partial charge in [-0.3, -0.25) is 0 Å². The van der Waals surface area contributed by atoms with Crippen molar-refractivity contribution in [3.63, 3.8) is 0 Å². The highest BCUT2D eigenvalue weighted by Crippen LogP contribution is 2.21. The largest absolute Gasteiger partial charge is 0.493 e. The Kier molecular flexibility index (Phi) is 12.3. The van der Waals surface area contributed by atoms with Gasteiger partial charge >= 0.3 is 0 Å². The molecule has 170 valence electrons. The van der Waals surface area contributed by atoms with E-state index in [4.69, 9.17) is 23.9 Å². The second-order valence-electron chi connectivity index (χ2n) is 7.49.